The lowest BCUT2D eigenvalue weighted by Crippen LogP contribution is -2.55. The summed E-state index contributed by atoms with van der Waals surface area (Å²) >= 11 is 0. The zero-order chi connectivity index (χ0) is 12.8. The molecule has 2 rings (SSSR count). The van der Waals surface area contributed by atoms with Gasteiger partial charge in [-0.1, -0.05) is 51.4 Å². The highest BCUT2D eigenvalue weighted by atomic mass is 35.5. The number of hydrogen-bond acceptors (Lipinski definition) is 2. The van der Waals surface area contributed by atoms with Gasteiger partial charge in [-0.05, 0) is 25.2 Å². The number of carbonyl (C=O) groups is 1. The van der Waals surface area contributed by atoms with Gasteiger partial charge in [-0.3, -0.25) is 4.79 Å². The molecule has 112 valence electrons. The van der Waals surface area contributed by atoms with E-state index >= 15 is 0 Å². The smallest absolute Gasteiger partial charge is 0.240 e. The van der Waals surface area contributed by atoms with E-state index in [0.717, 1.165) is 44.6 Å². The normalized spacial score (nSPS) is 23.4. The minimum Gasteiger partial charge on any atom is -0.354 e. The van der Waals surface area contributed by atoms with Gasteiger partial charge in [0.15, 0.2) is 0 Å². The summed E-state index contributed by atoms with van der Waals surface area (Å²) in [6.07, 6.45) is 13.2. The fourth-order valence-electron chi connectivity index (χ4n) is 3.45. The molecule has 2 saturated carbocycles. The third-order valence-electron chi connectivity index (χ3n) is 4.76. The number of nitrogens with two attached hydrogens (primary N) is 1. The maximum absolute atomic E-state index is 12.1. The molecular formula is C15H29ClN2O. The van der Waals surface area contributed by atoms with Crippen molar-refractivity contribution in [3.63, 3.8) is 0 Å². The van der Waals surface area contributed by atoms with Crippen LogP contribution in [0.25, 0.3) is 0 Å². The van der Waals surface area contributed by atoms with Crippen LogP contribution in [-0.4, -0.2) is 18.0 Å². The average Bonchev–Trinajstić information content (AvgIpc) is 2.41. The lowest BCUT2D eigenvalue weighted by Gasteiger charge is -2.32. The Morgan fingerprint density at radius 1 is 1.05 bits per heavy atom. The Morgan fingerprint density at radius 2 is 1.63 bits per heavy atom. The Balaban J connectivity index is 0.00000180. The quantitative estimate of drug-likeness (QED) is 0.835. The maximum Gasteiger partial charge on any atom is 0.240 e. The van der Waals surface area contributed by atoms with Crippen molar-refractivity contribution in [2.45, 2.75) is 76.2 Å². The summed E-state index contributed by atoms with van der Waals surface area (Å²) in [5.41, 5.74) is 5.65. The van der Waals surface area contributed by atoms with Crippen molar-refractivity contribution in [3.8, 4) is 0 Å². The second-order valence-electron chi connectivity index (χ2n) is 6.27. The molecule has 3 nitrogen and oxygen atoms in total. The van der Waals surface area contributed by atoms with Gasteiger partial charge in [0.1, 0.15) is 0 Å². The van der Waals surface area contributed by atoms with Crippen molar-refractivity contribution in [1.29, 1.82) is 0 Å². The molecule has 3 N–H and O–H groups in total. The fourth-order valence-corrected chi connectivity index (χ4v) is 3.45. The van der Waals surface area contributed by atoms with Crippen LogP contribution in [0, 0.1) is 5.92 Å². The molecule has 1 amide bonds. The van der Waals surface area contributed by atoms with Gasteiger partial charge in [0.25, 0.3) is 0 Å². The number of halogens is 1. The molecule has 0 bridgehead atoms. The molecule has 0 aromatic heterocycles. The van der Waals surface area contributed by atoms with Crippen molar-refractivity contribution in [2.75, 3.05) is 6.54 Å². The van der Waals surface area contributed by atoms with Crippen LogP contribution in [-0.2, 0) is 4.79 Å². The molecule has 0 aliphatic heterocycles. The van der Waals surface area contributed by atoms with Crippen molar-refractivity contribution in [1.82, 2.24) is 5.32 Å². The number of rotatable bonds is 4. The first-order valence-electron chi connectivity index (χ1n) is 7.78. The molecule has 0 atom stereocenters. The predicted molar refractivity (Wildman–Crippen MR) is 81.5 cm³/mol. The lowest BCUT2D eigenvalue weighted by atomic mass is 9.81. The molecule has 0 radical (unpaired) electrons. The highest BCUT2D eigenvalue weighted by Gasteiger charge is 2.34. The van der Waals surface area contributed by atoms with E-state index in [4.69, 9.17) is 5.73 Å². The summed E-state index contributed by atoms with van der Waals surface area (Å²) in [5, 5.41) is 3.08. The maximum atomic E-state index is 12.1. The van der Waals surface area contributed by atoms with E-state index in [2.05, 4.69) is 5.32 Å². The first-order chi connectivity index (χ1) is 8.71. The molecule has 2 fully saturated rings. The van der Waals surface area contributed by atoms with Gasteiger partial charge in [0.05, 0.1) is 5.54 Å². The van der Waals surface area contributed by atoms with Crippen LogP contribution in [0.5, 0.6) is 0 Å². The van der Waals surface area contributed by atoms with Gasteiger partial charge in [0.2, 0.25) is 5.91 Å². The first-order valence-corrected chi connectivity index (χ1v) is 7.78. The second kappa shape index (κ2) is 8.11. The SMILES string of the molecule is Cl.NC1(C(=O)NCCC2CCCCC2)CCCCC1. The number of carbonyl (C=O) groups excluding carboxylic acids is 1. The zero-order valence-corrected chi connectivity index (χ0v) is 12.8. The molecule has 0 saturated heterocycles. The number of amides is 1. The first kappa shape index (κ1) is 16.8. The third kappa shape index (κ3) is 4.96. The van der Waals surface area contributed by atoms with Crippen LogP contribution >= 0.6 is 12.4 Å². The fraction of sp³-hybridized carbons (Fsp3) is 0.933. The Labute approximate surface area is 123 Å². The second-order valence-corrected chi connectivity index (χ2v) is 6.27. The summed E-state index contributed by atoms with van der Waals surface area (Å²) in [7, 11) is 0. The van der Waals surface area contributed by atoms with E-state index in [0.29, 0.717) is 0 Å². The largest absolute Gasteiger partial charge is 0.354 e. The van der Waals surface area contributed by atoms with Crippen molar-refractivity contribution < 1.29 is 4.79 Å². The third-order valence-corrected chi connectivity index (χ3v) is 4.76. The highest BCUT2D eigenvalue weighted by Crippen LogP contribution is 2.27. The van der Waals surface area contributed by atoms with E-state index < -0.39 is 5.54 Å². The van der Waals surface area contributed by atoms with Gasteiger partial charge in [-0.15, -0.1) is 12.4 Å². The summed E-state index contributed by atoms with van der Waals surface area (Å²) in [4.78, 5) is 12.1. The summed E-state index contributed by atoms with van der Waals surface area (Å²) < 4.78 is 0. The Hall–Kier alpha value is -0.280. The van der Waals surface area contributed by atoms with E-state index in [1.165, 1.54) is 38.5 Å². The highest BCUT2D eigenvalue weighted by molar-refractivity contribution is 5.86. The minimum atomic E-state index is -0.565. The monoisotopic (exact) mass is 288 g/mol. The van der Waals surface area contributed by atoms with Crippen molar-refractivity contribution >= 4 is 18.3 Å². The molecular weight excluding hydrogens is 260 g/mol. The van der Waals surface area contributed by atoms with Crippen LogP contribution in [0.3, 0.4) is 0 Å². The zero-order valence-electron chi connectivity index (χ0n) is 12.0. The molecule has 2 aliphatic carbocycles. The molecule has 0 aromatic rings. The summed E-state index contributed by atoms with van der Waals surface area (Å²) in [6.45, 7) is 0.822. The van der Waals surface area contributed by atoms with Crippen molar-refractivity contribution in [3.05, 3.63) is 0 Å². The van der Waals surface area contributed by atoms with Crippen LogP contribution in [0.4, 0.5) is 0 Å². The Bertz CT molecular complexity index is 271. The average molecular weight is 289 g/mol. The lowest BCUT2D eigenvalue weighted by molar-refractivity contribution is -0.127. The molecule has 0 aromatic carbocycles. The van der Waals surface area contributed by atoms with Gasteiger partial charge in [-0.25, -0.2) is 0 Å². The van der Waals surface area contributed by atoms with E-state index in [1.54, 1.807) is 0 Å². The van der Waals surface area contributed by atoms with E-state index in [-0.39, 0.29) is 18.3 Å². The van der Waals surface area contributed by atoms with Gasteiger partial charge in [-0.2, -0.15) is 0 Å². The number of nitrogens with one attached hydrogen (secondary N) is 1. The molecule has 0 unspecified atom stereocenters. The van der Waals surface area contributed by atoms with E-state index in [1.807, 2.05) is 0 Å². The van der Waals surface area contributed by atoms with Crippen LogP contribution in [0.15, 0.2) is 0 Å². The van der Waals surface area contributed by atoms with Crippen LogP contribution < -0.4 is 11.1 Å². The molecule has 2 aliphatic rings. The van der Waals surface area contributed by atoms with Gasteiger partial charge in [0, 0.05) is 6.54 Å². The Kier molecular flexibility index (Phi) is 7.16. The van der Waals surface area contributed by atoms with Crippen LogP contribution in [0.1, 0.15) is 70.6 Å². The summed E-state index contributed by atoms with van der Waals surface area (Å²) in [5.74, 6) is 0.928. The van der Waals surface area contributed by atoms with E-state index in [9.17, 15) is 4.79 Å². The van der Waals surface area contributed by atoms with Gasteiger partial charge >= 0.3 is 0 Å². The molecule has 19 heavy (non-hydrogen) atoms. The molecule has 0 spiro atoms. The molecule has 0 heterocycles. The minimum absolute atomic E-state index is 0. The van der Waals surface area contributed by atoms with Gasteiger partial charge < -0.3 is 11.1 Å². The summed E-state index contributed by atoms with van der Waals surface area (Å²) in [6, 6.07) is 0. The topological polar surface area (TPSA) is 55.1 Å². The number of hydrogen-bond donors (Lipinski definition) is 2. The standard InChI is InChI=1S/C15H28N2O.ClH/c16-15(10-5-2-6-11-15)14(18)17-12-9-13-7-3-1-4-8-13;/h13H,1-12,16H2,(H,17,18);1H. The Morgan fingerprint density at radius 3 is 2.26 bits per heavy atom. The van der Waals surface area contributed by atoms with Crippen molar-refractivity contribution in [2.24, 2.45) is 11.7 Å². The molecule has 4 heteroatoms. The van der Waals surface area contributed by atoms with Crippen LogP contribution in [0.2, 0.25) is 0 Å². The predicted octanol–water partition coefficient (Wildman–Crippen LogP) is 3.16.